The van der Waals surface area contributed by atoms with E-state index in [0.717, 1.165) is 5.56 Å². The van der Waals surface area contributed by atoms with E-state index < -0.39 is 17.6 Å². The summed E-state index contributed by atoms with van der Waals surface area (Å²) in [5, 5.41) is 5.27. The molecule has 2 amide bonds. The summed E-state index contributed by atoms with van der Waals surface area (Å²) >= 11 is 0. The molecule has 0 unspecified atom stereocenters. The van der Waals surface area contributed by atoms with E-state index in [1.165, 1.54) is 30.3 Å². The van der Waals surface area contributed by atoms with Crippen molar-refractivity contribution in [1.29, 1.82) is 0 Å². The smallest absolute Gasteiger partial charge is 0.274 e. The van der Waals surface area contributed by atoms with Gasteiger partial charge in [0.2, 0.25) is 0 Å². The Morgan fingerprint density at radius 2 is 1.62 bits per heavy atom. The number of carbonyl (C=O) groups excluding carboxylic acids is 2. The number of amides is 2. The van der Waals surface area contributed by atoms with E-state index >= 15 is 0 Å². The van der Waals surface area contributed by atoms with Crippen molar-refractivity contribution in [2.45, 2.75) is 6.54 Å². The van der Waals surface area contributed by atoms with Crippen LogP contribution in [-0.2, 0) is 6.54 Å². The van der Waals surface area contributed by atoms with Gasteiger partial charge in [0.15, 0.2) is 0 Å². The third-order valence-corrected chi connectivity index (χ3v) is 3.50. The second-order valence-electron chi connectivity index (χ2n) is 5.41. The summed E-state index contributed by atoms with van der Waals surface area (Å²) < 4.78 is 13.2. The molecule has 0 saturated heterocycles. The van der Waals surface area contributed by atoms with Gasteiger partial charge in [0.1, 0.15) is 17.2 Å². The summed E-state index contributed by atoms with van der Waals surface area (Å²) in [5.41, 5.74) is 1.38. The molecule has 0 atom stereocenters. The van der Waals surface area contributed by atoms with Gasteiger partial charge >= 0.3 is 0 Å². The Kier molecular flexibility index (Phi) is 5.28. The Bertz CT molecular complexity index is 932. The minimum atomic E-state index is -0.528. The number of anilines is 1. The molecule has 130 valence electrons. The Morgan fingerprint density at radius 3 is 2.35 bits per heavy atom. The zero-order chi connectivity index (χ0) is 18.4. The number of nitrogens with zero attached hydrogens (tertiary/aromatic N) is 2. The molecular weight excluding hydrogens is 335 g/mol. The Labute approximate surface area is 149 Å². The first-order chi connectivity index (χ1) is 12.6. The highest BCUT2D eigenvalue weighted by molar-refractivity contribution is 6.03. The van der Waals surface area contributed by atoms with E-state index in [0.29, 0.717) is 12.2 Å². The van der Waals surface area contributed by atoms with Crippen molar-refractivity contribution in [3.05, 3.63) is 89.8 Å². The molecule has 0 radical (unpaired) electrons. The molecule has 7 heteroatoms. The summed E-state index contributed by atoms with van der Waals surface area (Å²) in [6.07, 6.45) is 3.27. The molecular formula is C19H15FN4O2. The number of hydrogen-bond acceptors (Lipinski definition) is 4. The van der Waals surface area contributed by atoms with Crippen molar-refractivity contribution in [1.82, 2.24) is 15.3 Å². The summed E-state index contributed by atoms with van der Waals surface area (Å²) in [4.78, 5) is 32.5. The first kappa shape index (κ1) is 17.2. The number of hydrogen-bond donors (Lipinski definition) is 2. The van der Waals surface area contributed by atoms with Crippen LogP contribution in [0.4, 0.5) is 10.1 Å². The molecule has 2 N–H and O–H groups in total. The Balaban J connectivity index is 1.67. The molecule has 0 aliphatic heterocycles. The molecule has 0 aliphatic carbocycles. The lowest BCUT2D eigenvalue weighted by molar-refractivity contribution is 0.0945. The lowest BCUT2D eigenvalue weighted by Gasteiger charge is -2.07. The number of carbonyl (C=O) groups is 2. The lowest BCUT2D eigenvalue weighted by Crippen LogP contribution is -2.25. The highest BCUT2D eigenvalue weighted by Gasteiger charge is 2.12. The second-order valence-corrected chi connectivity index (χ2v) is 5.41. The molecule has 2 aromatic heterocycles. The SMILES string of the molecule is O=C(NCc1ccncc1)c1cccc(C(=O)Nc2cccc(F)c2)n1. The molecule has 1 aromatic carbocycles. The van der Waals surface area contributed by atoms with Crippen molar-refractivity contribution >= 4 is 17.5 Å². The normalized spacial score (nSPS) is 10.2. The molecule has 0 saturated carbocycles. The van der Waals surface area contributed by atoms with Gasteiger partial charge in [-0.25, -0.2) is 9.37 Å². The molecule has 3 rings (SSSR count). The maximum absolute atomic E-state index is 13.2. The van der Waals surface area contributed by atoms with Crippen LogP contribution in [0.25, 0.3) is 0 Å². The topological polar surface area (TPSA) is 84.0 Å². The summed E-state index contributed by atoms with van der Waals surface area (Å²) in [6.45, 7) is 0.322. The molecule has 0 bridgehead atoms. The fourth-order valence-electron chi connectivity index (χ4n) is 2.22. The van der Waals surface area contributed by atoms with Crippen molar-refractivity contribution in [2.75, 3.05) is 5.32 Å². The molecule has 26 heavy (non-hydrogen) atoms. The predicted octanol–water partition coefficient (Wildman–Crippen LogP) is 2.80. The van der Waals surface area contributed by atoms with Crippen LogP contribution in [0.3, 0.4) is 0 Å². The Hall–Kier alpha value is -3.61. The number of benzene rings is 1. The quantitative estimate of drug-likeness (QED) is 0.741. The Morgan fingerprint density at radius 1 is 0.923 bits per heavy atom. The first-order valence-corrected chi connectivity index (χ1v) is 7.83. The number of rotatable bonds is 5. The summed E-state index contributed by atoms with van der Waals surface area (Å²) in [5.74, 6) is -1.39. The molecule has 0 spiro atoms. The monoisotopic (exact) mass is 350 g/mol. The van der Waals surface area contributed by atoms with Crippen LogP contribution < -0.4 is 10.6 Å². The van der Waals surface area contributed by atoms with Crippen LogP contribution in [0, 0.1) is 5.82 Å². The third kappa shape index (κ3) is 4.47. The minimum Gasteiger partial charge on any atom is -0.347 e. The van der Waals surface area contributed by atoms with Crippen LogP contribution in [0.5, 0.6) is 0 Å². The van der Waals surface area contributed by atoms with Crippen LogP contribution in [0.1, 0.15) is 26.5 Å². The summed E-state index contributed by atoms with van der Waals surface area (Å²) in [7, 11) is 0. The van der Waals surface area contributed by atoms with Gasteiger partial charge in [-0.3, -0.25) is 14.6 Å². The van der Waals surface area contributed by atoms with E-state index in [-0.39, 0.29) is 11.4 Å². The van der Waals surface area contributed by atoms with E-state index in [4.69, 9.17) is 0 Å². The highest BCUT2D eigenvalue weighted by Crippen LogP contribution is 2.11. The second kappa shape index (κ2) is 7.98. The van der Waals surface area contributed by atoms with Gasteiger partial charge in [-0.05, 0) is 48.0 Å². The predicted molar refractivity (Wildman–Crippen MR) is 94.0 cm³/mol. The molecule has 3 aromatic rings. The standard InChI is InChI=1S/C19H15FN4O2/c20-14-3-1-4-15(11-14)23-19(26)17-6-2-5-16(24-17)18(25)22-12-13-7-9-21-10-8-13/h1-11H,12H2,(H,22,25)(H,23,26). The number of aromatic nitrogens is 2. The number of pyridine rings is 2. The van der Waals surface area contributed by atoms with Gasteiger partial charge < -0.3 is 10.6 Å². The van der Waals surface area contributed by atoms with Gasteiger partial charge in [0.25, 0.3) is 11.8 Å². The van der Waals surface area contributed by atoms with E-state index in [2.05, 4.69) is 20.6 Å². The lowest BCUT2D eigenvalue weighted by atomic mass is 10.2. The van der Waals surface area contributed by atoms with Gasteiger partial charge in [-0.1, -0.05) is 12.1 Å². The summed E-state index contributed by atoms with van der Waals surface area (Å²) in [6, 6.07) is 13.7. The third-order valence-electron chi connectivity index (χ3n) is 3.50. The molecule has 6 nitrogen and oxygen atoms in total. The number of nitrogens with one attached hydrogen (secondary N) is 2. The zero-order valence-corrected chi connectivity index (χ0v) is 13.6. The van der Waals surface area contributed by atoms with E-state index in [1.807, 2.05) is 0 Å². The van der Waals surface area contributed by atoms with Crippen molar-refractivity contribution < 1.29 is 14.0 Å². The molecule has 0 fully saturated rings. The average Bonchev–Trinajstić information content (AvgIpc) is 2.67. The van der Waals surface area contributed by atoms with E-state index in [1.54, 1.807) is 36.7 Å². The van der Waals surface area contributed by atoms with Gasteiger partial charge in [0.05, 0.1) is 0 Å². The van der Waals surface area contributed by atoms with Gasteiger partial charge in [-0.15, -0.1) is 0 Å². The van der Waals surface area contributed by atoms with Crippen LogP contribution in [0.2, 0.25) is 0 Å². The average molecular weight is 350 g/mol. The largest absolute Gasteiger partial charge is 0.347 e. The zero-order valence-electron chi connectivity index (χ0n) is 13.6. The van der Waals surface area contributed by atoms with Crippen LogP contribution >= 0.6 is 0 Å². The van der Waals surface area contributed by atoms with Crippen molar-refractivity contribution in [3.63, 3.8) is 0 Å². The highest BCUT2D eigenvalue weighted by atomic mass is 19.1. The van der Waals surface area contributed by atoms with Gasteiger partial charge in [-0.2, -0.15) is 0 Å². The first-order valence-electron chi connectivity index (χ1n) is 7.83. The maximum Gasteiger partial charge on any atom is 0.274 e. The fourth-order valence-corrected chi connectivity index (χ4v) is 2.22. The van der Waals surface area contributed by atoms with Crippen molar-refractivity contribution in [3.8, 4) is 0 Å². The molecule has 2 heterocycles. The van der Waals surface area contributed by atoms with Crippen LogP contribution in [-0.4, -0.2) is 21.8 Å². The van der Waals surface area contributed by atoms with Gasteiger partial charge in [0, 0.05) is 24.6 Å². The maximum atomic E-state index is 13.2. The molecule has 0 aliphatic rings. The van der Waals surface area contributed by atoms with Crippen molar-refractivity contribution in [2.24, 2.45) is 0 Å². The van der Waals surface area contributed by atoms with E-state index in [9.17, 15) is 14.0 Å². The minimum absolute atomic E-state index is 0.0609. The fraction of sp³-hybridized carbons (Fsp3) is 0.0526. The van der Waals surface area contributed by atoms with Crippen LogP contribution in [0.15, 0.2) is 67.0 Å². The number of halogens is 1.